The SMILES string of the molecule is CSCc1ccc(CN=C(N)N2CCN(c3ncccn3)CC2)cc1. The molecule has 1 aromatic heterocycles. The van der Waals surface area contributed by atoms with Crippen molar-refractivity contribution in [2.45, 2.75) is 12.3 Å². The van der Waals surface area contributed by atoms with Crippen molar-refractivity contribution < 1.29 is 0 Å². The van der Waals surface area contributed by atoms with Crippen LogP contribution < -0.4 is 10.6 Å². The number of nitrogens with two attached hydrogens (primary N) is 1. The van der Waals surface area contributed by atoms with Gasteiger partial charge in [0, 0.05) is 44.3 Å². The zero-order chi connectivity index (χ0) is 17.5. The molecular weight excluding hydrogens is 332 g/mol. The molecule has 1 aliphatic heterocycles. The van der Waals surface area contributed by atoms with Crippen LogP contribution in [0.15, 0.2) is 47.7 Å². The largest absolute Gasteiger partial charge is 0.370 e. The molecule has 0 unspecified atom stereocenters. The maximum Gasteiger partial charge on any atom is 0.225 e. The van der Waals surface area contributed by atoms with Crippen molar-refractivity contribution >= 4 is 23.7 Å². The average Bonchev–Trinajstić information content (AvgIpc) is 2.68. The maximum absolute atomic E-state index is 6.18. The Hall–Kier alpha value is -2.28. The number of guanidine groups is 1. The van der Waals surface area contributed by atoms with Gasteiger partial charge in [-0.1, -0.05) is 24.3 Å². The lowest BCUT2D eigenvalue weighted by atomic mass is 10.1. The second kappa shape index (κ2) is 8.71. The molecule has 0 atom stereocenters. The summed E-state index contributed by atoms with van der Waals surface area (Å²) in [5.74, 6) is 2.44. The topological polar surface area (TPSA) is 70.6 Å². The summed E-state index contributed by atoms with van der Waals surface area (Å²) in [6.07, 6.45) is 5.66. The van der Waals surface area contributed by atoms with E-state index in [0.29, 0.717) is 12.5 Å². The Morgan fingerprint density at radius 1 is 1.08 bits per heavy atom. The summed E-state index contributed by atoms with van der Waals surface area (Å²) in [7, 11) is 0. The third-order valence-corrected chi connectivity index (χ3v) is 4.82. The highest BCUT2D eigenvalue weighted by Gasteiger charge is 2.19. The molecule has 2 N–H and O–H groups in total. The monoisotopic (exact) mass is 356 g/mol. The Balaban J connectivity index is 1.51. The summed E-state index contributed by atoms with van der Waals surface area (Å²) in [6, 6.07) is 10.4. The molecule has 0 saturated carbocycles. The first-order valence-electron chi connectivity index (χ1n) is 8.40. The van der Waals surface area contributed by atoms with E-state index in [4.69, 9.17) is 5.73 Å². The van der Waals surface area contributed by atoms with Gasteiger partial charge >= 0.3 is 0 Å². The van der Waals surface area contributed by atoms with Crippen molar-refractivity contribution in [1.82, 2.24) is 14.9 Å². The molecule has 0 spiro atoms. The van der Waals surface area contributed by atoms with Crippen LogP contribution in [0.4, 0.5) is 5.95 Å². The van der Waals surface area contributed by atoms with E-state index in [0.717, 1.165) is 37.9 Å². The Kier molecular flexibility index (Phi) is 6.11. The first-order chi connectivity index (χ1) is 12.3. The number of rotatable bonds is 5. The lowest BCUT2D eigenvalue weighted by Gasteiger charge is -2.35. The molecular formula is C18H24N6S. The number of aromatic nitrogens is 2. The number of piperazine rings is 1. The number of anilines is 1. The normalized spacial score (nSPS) is 15.5. The van der Waals surface area contributed by atoms with Crippen molar-refractivity contribution in [2.75, 3.05) is 37.3 Å². The molecule has 1 saturated heterocycles. The molecule has 2 heterocycles. The summed E-state index contributed by atoms with van der Waals surface area (Å²) in [4.78, 5) is 17.5. The second-order valence-corrected chi connectivity index (χ2v) is 6.81. The van der Waals surface area contributed by atoms with E-state index in [1.54, 1.807) is 12.4 Å². The lowest BCUT2D eigenvalue weighted by Crippen LogP contribution is -2.51. The van der Waals surface area contributed by atoms with Gasteiger partial charge in [0.2, 0.25) is 5.95 Å². The van der Waals surface area contributed by atoms with Crippen molar-refractivity contribution in [1.29, 1.82) is 0 Å². The van der Waals surface area contributed by atoms with Crippen LogP contribution in [0.2, 0.25) is 0 Å². The minimum absolute atomic E-state index is 0.613. The van der Waals surface area contributed by atoms with Gasteiger partial charge in [0.25, 0.3) is 0 Å². The fraction of sp³-hybridized carbons (Fsp3) is 0.389. The van der Waals surface area contributed by atoms with E-state index < -0.39 is 0 Å². The average molecular weight is 356 g/mol. The Labute approximate surface area is 153 Å². The number of aliphatic imine (C=N–C) groups is 1. The first-order valence-corrected chi connectivity index (χ1v) is 9.79. The molecule has 0 radical (unpaired) electrons. The standard InChI is InChI=1S/C18H24N6S/c1-25-14-16-5-3-15(4-6-16)13-22-17(19)23-9-11-24(12-10-23)18-20-7-2-8-21-18/h2-8H,9-14H2,1H3,(H2,19,22). The maximum atomic E-state index is 6.18. The number of hydrogen-bond donors (Lipinski definition) is 1. The molecule has 7 heteroatoms. The van der Waals surface area contributed by atoms with E-state index in [1.165, 1.54) is 11.1 Å². The fourth-order valence-electron chi connectivity index (χ4n) is 2.77. The van der Waals surface area contributed by atoms with Gasteiger partial charge in [-0.05, 0) is 23.4 Å². The summed E-state index contributed by atoms with van der Waals surface area (Å²) in [5, 5.41) is 0. The van der Waals surface area contributed by atoms with Crippen molar-refractivity contribution in [3.05, 3.63) is 53.9 Å². The summed E-state index contributed by atoms with van der Waals surface area (Å²) >= 11 is 1.83. The smallest absolute Gasteiger partial charge is 0.225 e. The second-order valence-electron chi connectivity index (χ2n) is 5.95. The highest BCUT2D eigenvalue weighted by atomic mass is 32.2. The summed E-state index contributed by atoms with van der Waals surface area (Å²) in [5.41, 5.74) is 8.71. The van der Waals surface area contributed by atoms with Gasteiger partial charge in [0.05, 0.1) is 6.54 Å². The predicted molar refractivity (Wildman–Crippen MR) is 105 cm³/mol. The van der Waals surface area contributed by atoms with Gasteiger partial charge in [-0.15, -0.1) is 0 Å². The van der Waals surface area contributed by atoms with E-state index in [9.17, 15) is 0 Å². The van der Waals surface area contributed by atoms with Crippen LogP contribution in [0.3, 0.4) is 0 Å². The number of hydrogen-bond acceptors (Lipinski definition) is 5. The zero-order valence-corrected chi connectivity index (χ0v) is 15.3. The lowest BCUT2D eigenvalue weighted by molar-refractivity contribution is 0.378. The molecule has 3 rings (SSSR count). The van der Waals surface area contributed by atoms with E-state index >= 15 is 0 Å². The van der Waals surface area contributed by atoms with Crippen LogP contribution in [0, 0.1) is 0 Å². The summed E-state index contributed by atoms with van der Waals surface area (Å²) < 4.78 is 0. The molecule has 1 aromatic carbocycles. The molecule has 0 amide bonds. The Morgan fingerprint density at radius 3 is 2.36 bits per heavy atom. The van der Waals surface area contributed by atoms with Gasteiger partial charge in [0.1, 0.15) is 0 Å². The van der Waals surface area contributed by atoms with Crippen molar-refractivity contribution in [3.8, 4) is 0 Å². The van der Waals surface area contributed by atoms with Gasteiger partial charge in [-0.2, -0.15) is 11.8 Å². The highest BCUT2D eigenvalue weighted by Crippen LogP contribution is 2.12. The molecule has 0 aliphatic carbocycles. The minimum Gasteiger partial charge on any atom is -0.370 e. The number of benzene rings is 1. The quantitative estimate of drug-likeness (QED) is 0.652. The third kappa shape index (κ3) is 4.85. The predicted octanol–water partition coefficient (Wildman–Crippen LogP) is 1.98. The van der Waals surface area contributed by atoms with E-state index in [2.05, 4.69) is 55.3 Å². The first kappa shape index (κ1) is 17.5. The number of nitrogens with zero attached hydrogens (tertiary/aromatic N) is 5. The van der Waals surface area contributed by atoms with Crippen LogP contribution in [-0.4, -0.2) is 53.3 Å². The number of thioether (sulfide) groups is 1. The fourth-order valence-corrected chi connectivity index (χ4v) is 3.30. The molecule has 2 aromatic rings. The molecule has 1 aliphatic rings. The van der Waals surface area contributed by atoms with E-state index in [1.807, 2.05) is 17.8 Å². The van der Waals surface area contributed by atoms with Crippen LogP contribution in [0.5, 0.6) is 0 Å². The Bertz CT molecular complexity index is 680. The van der Waals surface area contributed by atoms with Crippen LogP contribution in [0.1, 0.15) is 11.1 Å². The van der Waals surface area contributed by atoms with Gasteiger partial charge in [-0.3, -0.25) is 0 Å². The van der Waals surface area contributed by atoms with Crippen molar-refractivity contribution in [3.63, 3.8) is 0 Å². The minimum atomic E-state index is 0.613. The van der Waals surface area contributed by atoms with Crippen LogP contribution in [0.25, 0.3) is 0 Å². The van der Waals surface area contributed by atoms with Crippen molar-refractivity contribution in [2.24, 2.45) is 10.7 Å². The third-order valence-electron chi connectivity index (χ3n) is 4.20. The Morgan fingerprint density at radius 2 is 1.72 bits per heavy atom. The molecule has 1 fully saturated rings. The van der Waals surface area contributed by atoms with E-state index in [-0.39, 0.29) is 0 Å². The van der Waals surface area contributed by atoms with Gasteiger partial charge < -0.3 is 15.5 Å². The van der Waals surface area contributed by atoms with Crippen LogP contribution in [-0.2, 0) is 12.3 Å². The molecule has 6 nitrogen and oxygen atoms in total. The molecule has 0 bridgehead atoms. The highest BCUT2D eigenvalue weighted by molar-refractivity contribution is 7.97. The van der Waals surface area contributed by atoms with Crippen LogP contribution >= 0.6 is 11.8 Å². The molecule has 25 heavy (non-hydrogen) atoms. The zero-order valence-electron chi connectivity index (χ0n) is 14.5. The van der Waals surface area contributed by atoms with Gasteiger partial charge in [-0.25, -0.2) is 15.0 Å². The van der Waals surface area contributed by atoms with Gasteiger partial charge in [0.15, 0.2) is 5.96 Å². The molecule has 132 valence electrons. The summed E-state index contributed by atoms with van der Waals surface area (Å²) in [6.45, 7) is 3.99.